The van der Waals surface area contributed by atoms with Crippen LogP contribution in [0.25, 0.3) is 0 Å². The molecule has 1 rings (SSSR count). The summed E-state index contributed by atoms with van der Waals surface area (Å²) >= 11 is 0. The molecule has 0 aliphatic carbocycles. The number of aliphatic carboxylic acids is 1. The minimum atomic E-state index is -0.830. The van der Waals surface area contributed by atoms with Crippen molar-refractivity contribution in [2.24, 2.45) is 7.05 Å². The van der Waals surface area contributed by atoms with E-state index in [1.54, 1.807) is 11.8 Å². The minimum Gasteiger partial charge on any atom is -0.480 e. The molecule has 0 saturated heterocycles. The first kappa shape index (κ1) is 14.7. The van der Waals surface area contributed by atoms with Crippen molar-refractivity contribution in [1.29, 1.82) is 0 Å². The van der Waals surface area contributed by atoms with E-state index < -0.39 is 5.97 Å². The largest absolute Gasteiger partial charge is 0.480 e. The number of carboxylic acid groups (broad SMARTS) is 1. The average molecular weight is 255 g/mol. The summed E-state index contributed by atoms with van der Waals surface area (Å²) in [5, 5.41) is 13.2. The van der Waals surface area contributed by atoms with E-state index in [1.807, 2.05) is 24.9 Å². The van der Waals surface area contributed by atoms with Gasteiger partial charge in [-0.2, -0.15) is 5.10 Å². The predicted octanol–water partition coefficient (Wildman–Crippen LogP) is 0.515. The molecule has 1 heterocycles. The standard InChI is InChI=1S/C12H21N3O3/c1-4-10-7-11(14(2)13-10)8-15(5-6-18-3)9-12(16)17/h7H,4-6,8-9H2,1-3H3,(H,16,17). The third kappa shape index (κ3) is 4.46. The zero-order chi connectivity index (χ0) is 13.5. The fourth-order valence-electron chi connectivity index (χ4n) is 1.75. The zero-order valence-corrected chi connectivity index (χ0v) is 11.2. The number of ether oxygens (including phenoxy) is 1. The van der Waals surface area contributed by atoms with Gasteiger partial charge in [-0.25, -0.2) is 0 Å². The molecule has 1 aromatic heterocycles. The highest BCUT2D eigenvalue weighted by Crippen LogP contribution is 2.07. The Morgan fingerprint density at radius 2 is 2.33 bits per heavy atom. The van der Waals surface area contributed by atoms with E-state index in [1.165, 1.54) is 0 Å². The monoisotopic (exact) mass is 255 g/mol. The molecular weight excluding hydrogens is 234 g/mol. The summed E-state index contributed by atoms with van der Waals surface area (Å²) in [5.74, 6) is -0.830. The molecule has 0 saturated carbocycles. The lowest BCUT2D eigenvalue weighted by atomic mass is 10.3. The van der Waals surface area contributed by atoms with Crippen LogP contribution in [0, 0.1) is 0 Å². The molecule has 0 spiro atoms. The Bertz CT molecular complexity index is 390. The normalized spacial score (nSPS) is 11.1. The highest BCUT2D eigenvalue weighted by atomic mass is 16.5. The fourth-order valence-corrected chi connectivity index (χ4v) is 1.75. The lowest BCUT2D eigenvalue weighted by molar-refractivity contribution is -0.138. The summed E-state index contributed by atoms with van der Waals surface area (Å²) in [6.45, 7) is 3.74. The van der Waals surface area contributed by atoms with Crippen LogP contribution in [-0.2, 0) is 29.5 Å². The molecular formula is C12H21N3O3. The van der Waals surface area contributed by atoms with Crippen molar-refractivity contribution >= 4 is 5.97 Å². The second-order valence-corrected chi connectivity index (χ2v) is 4.20. The van der Waals surface area contributed by atoms with Crippen molar-refractivity contribution in [3.05, 3.63) is 17.5 Å². The third-order valence-electron chi connectivity index (χ3n) is 2.75. The van der Waals surface area contributed by atoms with Gasteiger partial charge in [0.25, 0.3) is 0 Å². The summed E-state index contributed by atoms with van der Waals surface area (Å²) in [7, 11) is 3.49. The van der Waals surface area contributed by atoms with E-state index in [4.69, 9.17) is 9.84 Å². The maximum absolute atomic E-state index is 10.8. The number of hydrogen-bond donors (Lipinski definition) is 1. The molecule has 1 aromatic rings. The molecule has 0 atom stereocenters. The van der Waals surface area contributed by atoms with E-state index in [9.17, 15) is 4.79 Å². The quantitative estimate of drug-likeness (QED) is 0.733. The van der Waals surface area contributed by atoms with Gasteiger partial charge in [0.15, 0.2) is 0 Å². The van der Waals surface area contributed by atoms with Gasteiger partial charge in [-0.1, -0.05) is 6.92 Å². The lowest BCUT2D eigenvalue weighted by Crippen LogP contribution is -2.32. The SMILES string of the molecule is CCc1cc(CN(CCOC)CC(=O)O)n(C)n1. The Labute approximate surface area is 107 Å². The lowest BCUT2D eigenvalue weighted by Gasteiger charge is -2.19. The molecule has 0 amide bonds. The van der Waals surface area contributed by atoms with Crippen molar-refractivity contribution in [3.8, 4) is 0 Å². The van der Waals surface area contributed by atoms with E-state index in [0.29, 0.717) is 19.7 Å². The summed E-state index contributed by atoms with van der Waals surface area (Å²) < 4.78 is 6.80. The van der Waals surface area contributed by atoms with Crippen molar-refractivity contribution < 1.29 is 14.6 Å². The van der Waals surface area contributed by atoms with Crippen molar-refractivity contribution in [2.75, 3.05) is 26.8 Å². The van der Waals surface area contributed by atoms with Gasteiger partial charge in [0.2, 0.25) is 0 Å². The molecule has 0 bridgehead atoms. The van der Waals surface area contributed by atoms with Crippen LogP contribution in [0.4, 0.5) is 0 Å². The third-order valence-corrected chi connectivity index (χ3v) is 2.75. The molecule has 102 valence electrons. The molecule has 0 unspecified atom stereocenters. The average Bonchev–Trinajstić information content (AvgIpc) is 2.66. The summed E-state index contributed by atoms with van der Waals surface area (Å²) in [4.78, 5) is 12.6. The van der Waals surface area contributed by atoms with E-state index in [2.05, 4.69) is 5.10 Å². The van der Waals surface area contributed by atoms with Crippen LogP contribution in [0.2, 0.25) is 0 Å². The van der Waals surface area contributed by atoms with Gasteiger partial charge in [0.05, 0.1) is 24.5 Å². The van der Waals surface area contributed by atoms with Gasteiger partial charge in [0, 0.05) is 27.2 Å². The number of nitrogens with zero attached hydrogens (tertiary/aromatic N) is 3. The maximum Gasteiger partial charge on any atom is 0.317 e. The summed E-state index contributed by atoms with van der Waals surface area (Å²) in [6.07, 6.45) is 0.880. The van der Waals surface area contributed by atoms with E-state index in [0.717, 1.165) is 17.8 Å². The van der Waals surface area contributed by atoms with Gasteiger partial charge < -0.3 is 9.84 Å². The minimum absolute atomic E-state index is 0.00992. The smallest absolute Gasteiger partial charge is 0.317 e. The molecule has 0 fully saturated rings. The first-order chi connectivity index (χ1) is 8.56. The Kier molecular flexibility index (Phi) is 5.80. The number of aryl methyl sites for hydroxylation is 2. The highest BCUT2D eigenvalue weighted by Gasteiger charge is 2.13. The Morgan fingerprint density at radius 3 is 2.83 bits per heavy atom. The van der Waals surface area contributed by atoms with Crippen LogP contribution in [0.1, 0.15) is 18.3 Å². The zero-order valence-electron chi connectivity index (χ0n) is 11.2. The van der Waals surface area contributed by atoms with Crippen LogP contribution in [0.15, 0.2) is 6.07 Å². The molecule has 0 aliphatic heterocycles. The van der Waals surface area contributed by atoms with Crippen LogP contribution in [-0.4, -0.2) is 52.6 Å². The first-order valence-electron chi connectivity index (χ1n) is 6.01. The topological polar surface area (TPSA) is 67.6 Å². The molecule has 6 nitrogen and oxygen atoms in total. The number of rotatable bonds is 8. The number of aromatic nitrogens is 2. The number of methoxy groups -OCH3 is 1. The first-order valence-corrected chi connectivity index (χ1v) is 6.01. The molecule has 0 aliphatic rings. The maximum atomic E-state index is 10.8. The van der Waals surface area contributed by atoms with Gasteiger partial charge in [-0.3, -0.25) is 14.4 Å². The van der Waals surface area contributed by atoms with Gasteiger partial charge in [-0.05, 0) is 12.5 Å². The van der Waals surface area contributed by atoms with Crippen LogP contribution in [0.3, 0.4) is 0 Å². The van der Waals surface area contributed by atoms with E-state index >= 15 is 0 Å². The van der Waals surface area contributed by atoms with Crippen LogP contribution >= 0.6 is 0 Å². The van der Waals surface area contributed by atoms with Crippen molar-refractivity contribution in [1.82, 2.24) is 14.7 Å². The van der Waals surface area contributed by atoms with Crippen LogP contribution < -0.4 is 0 Å². The number of hydrogen-bond acceptors (Lipinski definition) is 4. The molecule has 0 aromatic carbocycles. The van der Waals surface area contributed by atoms with Gasteiger partial charge >= 0.3 is 5.97 Å². The fraction of sp³-hybridized carbons (Fsp3) is 0.667. The van der Waals surface area contributed by atoms with E-state index in [-0.39, 0.29) is 6.54 Å². The molecule has 18 heavy (non-hydrogen) atoms. The van der Waals surface area contributed by atoms with Gasteiger partial charge in [-0.15, -0.1) is 0 Å². The molecule has 6 heteroatoms. The molecule has 0 radical (unpaired) electrons. The van der Waals surface area contributed by atoms with Gasteiger partial charge in [0.1, 0.15) is 0 Å². The second-order valence-electron chi connectivity index (χ2n) is 4.20. The van der Waals surface area contributed by atoms with Crippen molar-refractivity contribution in [2.45, 2.75) is 19.9 Å². The molecule has 1 N–H and O–H groups in total. The Balaban J connectivity index is 2.68. The summed E-state index contributed by atoms with van der Waals surface area (Å²) in [6, 6.07) is 2.02. The second kappa shape index (κ2) is 7.13. The number of carbonyl (C=O) groups is 1. The Hall–Kier alpha value is -1.40. The number of carboxylic acids is 1. The highest BCUT2D eigenvalue weighted by molar-refractivity contribution is 5.69. The predicted molar refractivity (Wildman–Crippen MR) is 67.4 cm³/mol. The van der Waals surface area contributed by atoms with Crippen LogP contribution in [0.5, 0.6) is 0 Å². The summed E-state index contributed by atoms with van der Waals surface area (Å²) in [5.41, 5.74) is 2.04. The Morgan fingerprint density at radius 1 is 1.61 bits per heavy atom. The van der Waals surface area contributed by atoms with Crippen molar-refractivity contribution in [3.63, 3.8) is 0 Å².